The summed E-state index contributed by atoms with van der Waals surface area (Å²) >= 11 is 0. The molecule has 1 aromatic heterocycles. The van der Waals surface area contributed by atoms with Gasteiger partial charge >= 0.3 is 11.6 Å². The average molecular weight is 437 g/mol. The molecule has 0 aliphatic carbocycles. The van der Waals surface area contributed by atoms with Crippen molar-refractivity contribution in [3.63, 3.8) is 0 Å². The lowest BCUT2D eigenvalue weighted by Crippen LogP contribution is -2.34. The van der Waals surface area contributed by atoms with Gasteiger partial charge < -0.3 is 19.2 Å². The van der Waals surface area contributed by atoms with Gasteiger partial charge in [-0.3, -0.25) is 4.79 Å². The van der Waals surface area contributed by atoms with Crippen LogP contribution in [0.4, 0.5) is 0 Å². The van der Waals surface area contributed by atoms with E-state index >= 15 is 0 Å². The maximum absolute atomic E-state index is 12.3. The molecule has 32 heavy (non-hydrogen) atoms. The molecule has 0 aliphatic rings. The van der Waals surface area contributed by atoms with Crippen molar-refractivity contribution in [2.75, 3.05) is 6.61 Å². The Morgan fingerprint density at radius 1 is 1.03 bits per heavy atom. The Balaban J connectivity index is 1.65. The smallest absolute Gasteiger partial charge is 0.349 e. The zero-order chi connectivity index (χ0) is 23.1. The molecule has 0 radical (unpaired) electrons. The van der Waals surface area contributed by atoms with E-state index in [1.165, 1.54) is 17.7 Å². The van der Waals surface area contributed by atoms with E-state index in [1.807, 2.05) is 38.1 Å². The Kier molecular flexibility index (Phi) is 7.65. The van der Waals surface area contributed by atoms with Crippen LogP contribution in [0.3, 0.4) is 0 Å². The molecular weight excluding hydrogens is 410 g/mol. The van der Waals surface area contributed by atoms with Crippen LogP contribution in [0.5, 0.6) is 11.5 Å². The highest BCUT2D eigenvalue weighted by Crippen LogP contribution is 2.21. The van der Waals surface area contributed by atoms with Gasteiger partial charge in [-0.25, -0.2) is 9.59 Å². The highest BCUT2D eigenvalue weighted by atomic mass is 16.6. The number of fused-ring (bicyclic) bond motifs is 1. The summed E-state index contributed by atoms with van der Waals surface area (Å²) in [4.78, 5) is 36.7. The molecule has 1 atom stereocenters. The first-order chi connectivity index (χ1) is 15.4. The van der Waals surface area contributed by atoms with E-state index in [9.17, 15) is 14.4 Å². The van der Waals surface area contributed by atoms with Gasteiger partial charge in [0.2, 0.25) is 0 Å². The van der Waals surface area contributed by atoms with E-state index in [0.717, 1.165) is 19.3 Å². The molecular formula is C25H27NO6. The van der Waals surface area contributed by atoms with E-state index in [4.69, 9.17) is 13.9 Å². The molecule has 0 saturated heterocycles. The van der Waals surface area contributed by atoms with Gasteiger partial charge in [-0.2, -0.15) is 0 Å². The molecule has 1 N–H and O–H groups in total. The molecule has 1 amide bonds. The Hall–Kier alpha value is -3.61. The van der Waals surface area contributed by atoms with Gasteiger partial charge in [0.15, 0.2) is 6.61 Å². The van der Waals surface area contributed by atoms with Crippen LogP contribution in [0.1, 0.15) is 49.5 Å². The fourth-order valence-electron chi connectivity index (χ4n) is 3.06. The van der Waals surface area contributed by atoms with Gasteiger partial charge in [0, 0.05) is 17.5 Å². The molecule has 1 unspecified atom stereocenters. The summed E-state index contributed by atoms with van der Waals surface area (Å²) in [6, 6.07) is 13.6. The molecule has 7 heteroatoms. The van der Waals surface area contributed by atoms with Gasteiger partial charge in [0.05, 0.1) is 0 Å². The zero-order valence-electron chi connectivity index (χ0n) is 18.5. The Bertz CT molecular complexity index is 1150. The first-order valence-electron chi connectivity index (χ1n) is 10.7. The van der Waals surface area contributed by atoms with Gasteiger partial charge in [0.1, 0.15) is 22.6 Å². The molecule has 168 valence electrons. The van der Waals surface area contributed by atoms with Crippen LogP contribution >= 0.6 is 0 Å². The van der Waals surface area contributed by atoms with Crippen molar-refractivity contribution >= 4 is 22.8 Å². The summed E-state index contributed by atoms with van der Waals surface area (Å²) in [5.41, 5.74) is 0.603. The number of hydrogen-bond donors (Lipinski definition) is 1. The molecule has 7 nitrogen and oxygen atoms in total. The number of esters is 1. The average Bonchev–Trinajstić information content (AvgIpc) is 2.78. The monoisotopic (exact) mass is 437 g/mol. The van der Waals surface area contributed by atoms with Crippen LogP contribution < -0.4 is 20.4 Å². The minimum Gasteiger partial charge on any atom is -0.482 e. The topological polar surface area (TPSA) is 94.8 Å². The Morgan fingerprint density at radius 2 is 1.75 bits per heavy atom. The molecule has 0 spiro atoms. The van der Waals surface area contributed by atoms with Crippen LogP contribution in [0, 0.1) is 0 Å². The van der Waals surface area contributed by atoms with Crippen molar-refractivity contribution in [1.29, 1.82) is 0 Å². The summed E-state index contributed by atoms with van der Waals surface area (Å²) in [5, 5.41) is 3.29. The molecule has 1 heterocycles. The van der Waals surface area contributed by atoms with E-state index in [2.05, 4.69) is 12.2 Å². The van der Waals surface area contributed by atoms with E-state index in [-0.39, 0.29) is 29.5 Å². The highest BCUT2D eigenvalue weighted by Gasteiger charge is 2.16. The van der Waals surface area contributed by atoms with Gasteiger partial charge in [-0.05, 0) is 55.7 Å². The summed E-state index contributed by atoms with van der Waals surface area (Å²) < 4.78 is 16.0. The van der Waals surface area contributed by atoms with Gasteiger partial charge in [-0.1, -0.05) is 32.4 Å². The predicted octanol–water partition coefficient (Wildman–Crippen LogP) is 4.26. The lowest BCUT2D eigenvalue weighted by molar-refractivity contribution is -0.136. The van der Waals surface area contributed by atoms with E-state index in [1.54, 1.807) is 12.1 Å². The number of rotatable bonds is 9. The van der Waals surface area contributed by atoms with Crippen molar-refractivity contribution in [2.24, 2.45) is 0 Å². The third-order valence-electron chi connectivity index (χ3n) is 4.99. The molecule has 0 aliphatic heterocycles. The number of benzene rings is 2. The number of carbonyl (C=O) groups is 2. The standard InChI is InChI=1S/C25H27NO6/c1-4-6-17-7-10-19(11-8-17)30-15-23(27)31-20-12-9-18-13-21(24(28)26-16(3)5-2)25(29)32-22(18)14-20/h7-14,16H,4-6,15H2,1-3H3,(H,26,28). The molecule has 2 aromatic carbocycles. The third kappa shape index (κ3) is 5.97. The van der Waals surface area contributed by atoms with Crippen LogP contribution in [0.25, 0.3) is 11.0 Å². The van der Waals surface area contributed by atoms with Crippen molar-refractivity contribution in [2.45, 2.75) is 46.1 Å². The summed E-state index contributed by atoms with van der Waals surface area (Å²) in [6.07, 6.45) is 2.79. The Labute approximate surface area is 186 Å². The number of hydrogen-bond acceptors (Lipinski definition) is 6. The Morgan fingerprint density at radius 3 is 2.44 bits per heavy atom. The maximum atomic E-state index is 12.3. The fourth-order valence-corrected chi connectivity index (χ4v) is 3.06. The first-order valence-corrected chi connectivity index (χ1v) is 10.7. The normalized spacial score (nSPS) is 11.7. The second-order valence-corrected chi connectivity index (χ2v) is 7.59. The SMILES string of the molecule is CCCc1ccc(OCC(=O)Oc2ccc3cc(C(=O)NC(C)CC)c(=O)oc3c2)cc1. The first kappa shape index (κ1) is 23.1. The lowest BCUT2D eigenvalue weighted by atomic mass is 10.1. The predicted molar refractivity (Wildman–Crippen MR) is 121 cm³/mol. The van der Waals surface area contributed by atoms with Gasteiger partial charge in [0.25, 0.3) is 5.91 Å². The second-order valence-electron chi connectivity index (χ2n) is 7.59. The highest BCUT2D eigenvalue weighted by molar-refractivity contribution is 5.97. The largest absolute Gasteiger partial charge is 0.482 e. The minimum atomic E-state index is -0.753. The number of aryl methyl sites for hydroxylation is 1. The van der Waals surface area contributed by atoms with Gasteiger partial charge in [-0.15, -0.1) is 0 Å². The zero-order valence-corrected chi connectivity index (χ0v) is 18.5. The number of ether oxygens (including phenoxy) is 2. The molecule has 0 bridgehead atoms. The number of nitrogens with one attached hydrogen (secondary N) is 1. The van der Waals surface area contributed by atoms with Crippen molar-refractivity contribution in [1.82, 2.24) is 5.32 Å². The minimum absolute atomic E-state index is 0.0594. The molecule has 3 rings (SSSR count). The van der Waals surface area contributed by atoms with Crippen LogP contribution in [-0.4, -0.2) is 24.5 Å². The van der Waals surface area contributed by atoms with E-state index in [0.29, 0.717) is 11.1 Å². The molecule has 0 fully saturated rings. The summed E-state index contributed by atoms with van der Waals surface area (Å²) in [5.74, 6) is -0.280. The summed E-state index contributed by atoms with van der Waals surface area (Å²) in [7, 11) is 0. The quantitative estimate of drug-likeness (QED) is 0.305. The van der Waals surface area contributed by atoms with Crippen molar-refractivity contribution in [3.05, 3.63) is 70.1 Å². The number of amides is 1. The molecule has 0 saturated carbocycles. The van der Waals surface area contributed by atoms with E-state index < -0.39 is 17.5 Å². The maximum Gasteiger partial charge on any atom is 0.349 e. The molecule has 3 aromatic rings. The van der Waals surface area contributed by atoms with Crippen LogP contribution in [-0.2, 0) is 11.2 Å². The van der Waals surface area contributed by atoms with Crippen molar-refractivity contribution < 1.29 is 23.5 Å². The fraction of sp³-hybridized carbons (Fsp3) is 0.320. The van der Waals surface area contributed by atoms with Crippen LogP contribution in [0.15, 0.2) is 57.7 Å². The second kappa shape index (κ2) is 10.6. The lowest BCUT2D eigenvalue weighted by Gasteiger charge is -2.11. The van der Waals surface area contributed by atoms with Crippen LogP contribution in [0.2, 0.25) is 0 Å². The number of carbonyl (C=O) groups excluding carboxylic acids is 2. The third-order valence-corrected chi connectivity index (χ3v) is 4.99. The summed E-state index contributed by atoms with van der Waals surface area (Å²) in [6.45, 7) is 5.64. The van der Waals surface area contributed by atoms with Crippen molar-refractivity contribution in [3.8, 4) is 11.5 Å².